The summed E-state index contributed by atoms with van der Waals surface area (Å²) in [5, 5.41) is 20.0. The van der Waals surface area contributed by atoms with Crippen molar-refractivity contribution in [3.05, 3.63) is 0 Å². The second-order valence-electron chi connectivity index (χ2n) is 15.2. The molecule has 0 aliphatic rings. The van der Waals surface area contributed by atoms with E-state index in [1.807, 2.05) is 21.0 Å². The second kappa shape index (κ2) is 58.8. The summed E-state index contributed by atoms with van der Waals surface area (Å²) in [5.74, 6) is 1.000. The molecule has 0 bridgehead atoms. The Hall–Kier alpha value is -1.31. The topological polar surface area (TPSA) is 228 Å². The van der Waals surface area contributed by atoms with Crippen molar-refractivity contribution < 1.29 is 65.1 Å². The smallest absolute Gasteiger partial charge is 0.303 e. The van der Waals surface area contributed by atoms with Gasteiger partial charge in [-0.3, -0.25) is 19.2 Å². The number of amides is 1. The number of carbonyl (C=O) groups is 4. The van der Waals surface area contributed by atoms with Crippen molar-refractivity contribution in [3.8, 4) is 0 Å². The third kappa shape index (κ3) is 74.6. The number of quaternary nitrogens is 2. The van der Waals surface area contributed by atoms with E-state index in [0.29, 0.717) is 18.8 Å². The molecule has 3 atom stereocenters. The molecule has 0 heterocycles. The largest absolute Gasteiger partial charge is 1.00 e. The number of nitrogens with two attached hydrogens (primary N) is 1. The van der Waals surface area contributed by atoms with Crippen molar-refractivity contribution >= 4 is 23.4 Å². The Bertz CT molecular complexity index is 864. The van der Waals surface area contributed by atoms with Crippen LogP contribution in [0.1, 0.15) is 113 Å². The van der Waals surface area contributed by atoms with Gasteiger partial charge in [-0.1, -0.05) is 41.5 Å². The maximum atomic E-state index is 10.9. The molecular weight excluding hydrogens is 840 g/mol. The van der Waals surface area contributed by atoms with E-state index in [0.717, 1.165) is 90.5 Å². The highest BCUT2D eigenvalue weighted by molar-refractivity contribution is 5.82. The molecule has 17 heteroatoms. The quantitative estimate of drug-likeness (QED) is 0.0365. The number of nitrogens with zero attached hydrogens (tertiary/aromatic N) is 3. The zero-order chi connectivity index (χ0) is 45.6. The van der Waals surface area contributed by atoms with Crippen molar-refractivity contribution in [3.63, 3.8) is 0 Å². The van der Waals surface area contributed by atoms with Crippen molar-refractivity contribution in [1.29, 1.82) is 0 Å². The number of carboxylic acid groups (broad SMARTS) is 1. The molecule has 1 amide bonds. The molecule has 0 aromatic heterocycles. The minimum atomic E-state index is -0.869. The Morgan fingerprint density at radius 3 is 1.51 bits per heavy atom. The molecule has 0 spiro atoms. The monoisotopic (exact) mass is 939 g/mol. The molecule has 3 unspecified atom stereocenters. The van der Waals surface area contributed by atoms with E-state index in [4.69, 9.17) is 10.8 Å². The lowest BCUT2D eigenvalue weighted by Crippen LogP contribution is -3.00. The number of rotatable bonds is 27. The minimum Gasteiger partial charge on any atom is -1.00 e. The second-order valence-corrected chi connectivity index (χ2v) is 15.2. The lowest BCUT2D eigenvalue weighted by molar-refractivity contribution is -0.378. The summed E-state index contributed by atoms with van der Waals surface area (Å²) < 4.78 is 0. The van der Waals surface area contributed by atoms with Crippen LogP contribution < -0.4 is 67.9 Å². The van der Waals surface area contributed by atoms with Crippen LogP contribution in [-0.4, -0.2) is 170 Å². The highest BCUT2D eigenvalue weighted by atomic mass is 79.9. The predicted octanol–water partition coefficient (Wildman–Crippen LogP) is -4.57. The number of Topliss-reactive ketones (excluding diaryl/α,β-unsaturated/α-hetero) is 2. The number of aliphatic carboxylic acids is 1. The molecule has 0 aliphatic carbocycles. The average molecular weight is 941 g/mol. The van der Waals surface area contributed by atoms with E-state index in [9.17, 15) is 19.2 Å². The number of nitrogens with one attached hydrogen (secondary N) is 4. The van der Waals surface area contributed by atoms with Gasteiger partial charge >= 0.3 is 5.97 Å². The van der Waals surface area contributed by atoms with Gasteiger partial charge in [-0.25, -0.2) is 0 Å². The van der Waals surface area contributed by atoms with E-state index in [-0.39, 0.29) is 65.4 Å². The molecule has 0 radical (unpaired) electrons. The standard InChI is InChI=1S/C8H21N3.C8H18N2O.C8H17NO.C7H13NO3.C6H16N2.C5H13N.BrH.ClH/c1-3-6-11(7-4-9)8-5-10-2;1-7(11)8(10-2)5-3-4-6-9;1-4-8(10)9-6-5-7(2)3;1-5(9)6(8-2)3-4-7(10)11;1-7(2)5-6-8(3)4;1-3-5(2)4-6;;/h10H,3-9H2,1-2H3;8,10H,3-6,9H2,1-2H3;7H,4-6H2,1-3H3,(H,9,10);6,8H,3-4H2,1-2H3,(H,10,11);5-6H2,1-4H3;5H,3-4,6H2,1-2H3;2*1H. The van der Waals surface area contributed by atoms with Crippen LogP contribution in [0.25, 0.3) is 0 Å². The third-order valence-corrected chi connectivity index (χ3v) is 8.53. The van der Waals surface area contributed by atoms with Gasteiger partial charge in [-0.05, 0) is 121 Å². The van der Waals surface area contributed by atoms with Crippen molar-refractivity contribution in [2.24, 2.45) is 17.6 Å². The first kappa shape index (κ1) is 75.1. The van der Waals surface area contributed by atoms with Gasteiger partial charge in [0, 0.05) is 64.6 Å². The number of ketones is 2. The first-order chi connectivity index (χ1) is 26.7. The molecule has 0 aliphatic heterocycles. The van der Waals surface area contributed by atoms with Crippen LogP contribution in [0.5, 0.6) is 0 Å². The molecule has 15 nitrogen and oxygen atoms in total. The molecule has 362 valence electrons. The summed E-state index contributed by atoms with van der Waals surface area (Å²) in [6.07, 6.45) is 7.70. The number of likely N-dealkylation sites (N-methyl/N-ethyl adjacent to an activating group) is 5. The highest BCUT2D eigenvalue weighted by Crippen LogP contribution is 2.00. The zero-order valence-corrected chi connectivity index (χ0v) is 43.3. The van der Waals surface area contributed by atoms with Crippen LogP contribution in [0.2, 0.25) is 0 Å². The molecule has 13 N–H and O–H groups in total. The highest BCUT2D eigenvalue weighted by Gasteiger charge is 2.12. The van der Waals surface area contributed by atoms with Crippen LogP contribution in [0.15, 0.2) is 0 Å². The summed E-state index contributed by atoms with van der Waals surface area (Å²) in [4.78, 5) is 49.2. The summed E-state index contributed by atoms with van der Waals surface area (Å²) in [7, 11) is 13.8. The molecule has 0 fully saturated rings. The molecule has 0 aromatic carbocycles. The summed E-state index contributed by atoms with van der Waals surface area (Å²) >= 11 is 0. The van der Waals surface area contributed by atoms with Crippen LogP contribution in [0.3, 0.4) is 0 Å². The van der Waals surface area contributed by atoms with E-state index in [2.05, 4.69) is 110 Å². The molecule has 0 saturated carbocycles. The number of hydrogen-bond acceptors (Lipinski definition) is 11. The zero-order valence-electron chi connectivity index (χ0n) is 40.9. The van der Waals surface area contributed by atoms with Gasteiger partial charge in [0.1, 0.15) is 11.6 Å². The Labute approximate surface area is 380 Å². The van der Waals surface area contributed by atoms with Crippen LogP contribution in [-0.2, 0) is 19.2 Å². The maximum absolute atomic E-state index is 10.9. The third-order valence-electron chi connectivity index (χ3n) is 8.53. The fraction of sp³-hybridized carbons (Fsp3) is 0.905. The van der Waals surface area contributed by atoms with Crippen LogP contribution >= 0.6 is 0 Å². The lowest BCUT2D eigenvalue weighted by Gasteiger charge is -2.20. The Morgan fingerprint density at radius 1 is 0.729 bits per heavy atom. The predicted molar refractivity (Wildman–Crippen MR) is 242 cm³/mol. The molecule has 0 aromatic rings. The number of hydrogen-bond donors (Lipinski definition) is 8. The number of unbranched alkanes of at least 4 members (excludes halogenated alkanes) is 1. The summed E-state index contributed by atoms with van der Waals surface area (Å²) in [5.41, 5.74) is 13.0. The molecule has 0 saturated heterocycles. The van der Waals surface area contributed by atoms with Crippen LogP contribution in [0, 0.1) is 11.8 Å². The van der Waals surface area contributed by atoms with Gasteiger partial charge in [-0.15, -0.1) is 0 Å². The Balaban J connectivity index is -0.0000000884. The first-order valence-corrected chi connectivity index (χ1v) is 21.5. The normalized spacial score (nSPS) is 11.5. The fourth-order valence-electron chi connectivity index (χ4n) is 4.23. The van der Waals surface area contributed by atoms with Crippen molar-refractivity contribution in [2.45, 2.75) is 125 Å². The summed E-state index contributed by atoms with van der Waals surface area (Å²) in [6.45, 7) is 26.1. The average Bonchev–Trinajstić information content (AvgIpc) is 3.15. The first-order valence-electron chi connectivity index (χ1n) is 21.5. The number of carbonyl (C=O) groups excluding carboxylic acids is 3. The molecule has 59 heavy (non-hydrogen) atoms. The Morgan fingerprint density at radius 2 is 1.22 bits per heavy atom. The van der Waals surface area contributed by atoms with E-state index in [1.54, 1.807) is 14.0 Å². The van der Waals surface area contributed by atoms with Gasteiger partial charge in [-0.2, -0.15) is 0 Å². The van der Waals surface area contributed by atoms with Gasteiger partial charge in [0.2, 0.25) is 5.91 Å². The number of halogens is 2. The van der Waals surface area contributed by atoms with Gasteiger partial charge in [0.15, 0.2) is 0 Å². The summed E-state index contributed by atoms with van der Waals surface area (Å²) in [6, 6.07) is -0.257. The minimum absolute atomic E-state index is 0. The lowest BCUT2D eigenvalue weighted by atomic mass is 10.1. The van der Waals surface area contributed by atoms with Gasteiger partial charge < -0.3 is 87.7 Å². The van der Waals surface area contributed by atoms with E-state index < -0.39 is 5.97 Å². The van der Waals surface area contributed by atoms with E-state index in [1.165, 1.54) is 26.3 Å². The molecule has 0 rings (SSSR count). The SMILES string of the molecule is CCC(=O)NCCC(C)C.CCC(C)C[NH3+].CCCN(CCN)CCNC.CN(C)CCN(C)C.CNC(CCC(=O)O)C(C)=O.CNC(CCCC[NH3+])C(C)=O.[Br-].[Cl-]. The van der Waals surface area contributed by atoms with Gasteiger partial charge in [0.25, 0.3) is 0 Å². The van der Waals surface area contributed by atoms with E-state index >= 15 is 0 Å². The Kier molecular flexibility index (Phi) is 74.8. The van der Waals surface area contributed by atoms with Crippen molar-refractivity contribution in [2.75, 3.05) is 115 Å². The van der Waals surface area contributed by atoms with Gasteiger partial charge in [0.05, 0.1) is 25.2 Å². The van der Waals surface area contributed by atoms with Crippen LogP contribution in [0.4, 0.5) is 0 Å². The number of carboxylic acids is 1. The fourth-order valence-corrected chi connectivity index (χ4v) is 4.23. The van der Waals surface area contributed by atoms with Crippen molar-refractivity contribution in [1.82, 2.24) is 36.0 Å². The maximum Gasteiger partial charge on any atom is 0.303 e. The molecular formula is C42H100BrClN10O5.